The van der Waals surface area contributed by atoms with Gasteiger partial charge in [-0.25, -0.2) is 0 Å². The Labute approximate surface area is 146 Å². The molecule has 1 amide bonds. The molecule has 1 aromatic carbocycles. The maximum Gasteiger partial charge on any atom is 0.274 e. The molecule has 24 heavy (non-hydrogen) atoms. The molecule has 1 fully saturated rings. The number of aromatic nitrogens is 1. The van der Waals surface area contributed by atoms with E-state index in [4.69, 9.17) is 4.74 Å². The van der Waals surface area contributed by atoms with Crippen LogP contribution < -0.4 is 16.2 Å². The van der Waals surface area contributed by atoms with Gasteiger partial charge in [-0.1, -0.05) is 30.3 Å². The van der Waals surface area contributed by atoms with Crippen molar-refractivity contribution in [1.29, 1.82) is 0 Å². The van der Waals surface area contributed by atoms with Crippen molar-refractivity contribution in [3.63, 3.8) is 0 Å². The Hall–Kier alpha value is -2.15. The quantitative estimate of drug-likeness (QED) is 0.871. The van der Waals surface area contributed by atoms with Crippen LogP contribution in [0.15, 0.2) is 53.5 Å². The number of hydrogen-bond donors (Lipinski definition) is 2. The third-order valence-electron chi connectivity index (χ3n) is 3.69. The lowest BCUT2D eigenvalue weighted by Crippen LogP contribution is -2.46. The van der Waals surface area contributed by atoms with Gasteiger partial charge in [0.2, 0.25) is 0 Å². The molecule has 0 spiro atoms. The van der Waals surface area contributed by atoms with Crippen LogP contribution in [0.4, 0.5) is 5.69 Å². The SMILES string of the molecule is Cl.O=C(Nc1cccn(Cc2ccccc2)c1=O)C1CNCCO1. The summed E-state index contributed by atoms with van der Waals surface area (Å²) in [6.07, 6.45) is 1.15. The van der Waals surface area contributed by atoms with E-state index in [2.05, 4.69) is 10.6 Å². The third-order valence-corrected chi connectivity index (χ3v) is 3.69. The normalized spacial score (nSPS) is 16.9. The molecule has 1 atom stereocenters. The number of carbonyl (C=O) groups is 1. The number of nitrogens with zero attached hydrogens (tertiary/aromatic N) is 1. The van der Waals surface area contributed by atoms with E-state index in [1.54, 1.807) is 22.9 Å². The molecular weight excluding hydrogens is 330 g/mol. The number of halogens is 1. The van der Waals surface area contributed by atoms with Gasteiger partial charge >= 0.3 is 0 Å². The molecule has 3 rings (SSSR count). The summed E-state index contributed by atoms with van der Waals surface area (Å²) in [7, 11) is 0. The first-order valence-electron chi connectivity index (χ1n) is 7.60. The number of carbonyl (C=O) groups excluding carboxylic acids is 1. The summed E-state index contributed by atoms with van der Waals surface area (Å²) in [5.41, 5.74) is 1.06. The zero-order chi connectivity index (χ0) is 16.1. The summed E-state index contributed by atoms with van der Waals surface area (Å²) >= 11 is 0. The van der Waals surface area contributed by atoms with Gasteiger partial charge in [0.05, 0.1) is 13.2 Å². The number of amides is 1. The number of nitrogens with one attached hydrogen (secondary N) is 2. The zero-order valence-electron chi connectivity index (χ0n) is 13.1. The second-order valence-electron chi connectivity index (χ2n) is 5.39. The molecular formula is C17H20ClN3O3. The Morgan fingerprint density at radius 2 is 2.04 bits per heavy atom. The summed E-state index contributed by atoms with van der Waals surface area (Å²) in [6, 6.07) is 13.1. The average Bonchev–Trinajstić information content (AvgIpc) is 2.60. The van der Waals surface area contributed by atoms with E-state index in [9.17, 15) is 9.59 Å². The van der Waals surface area contributed by atoms with Gasteiger partial charge in [0.1, 0.15) is 11.8 Å². The van der Waals surface area contributed by atoms with Crippen LogP contribution in [-0.4, -0.2) is 36.3 Å². The minimum atomic E-state index is -0.564. The van der Waals surface area contributed by atoms with E-state index in [0.29, 0.717) is 19.7 Å². The third kappa shape index (κ3) is 4.44. The summed E-state index contributed by atoms with van der Waals surface area (Å²) in [6.45, 7) is 2.14. The van der Waals surface area contributed by atoms with Crippen LogP contribution in [0.25, 0.3) is 0 Å². The summed E-state index contributed by atoms with van der Waals surface area (Å²) in [5, 5.41) is 5.76. The average molecular weight is 350 g/mol. The van der Waals surface area contributed by atoms with Crippen molar-refractivity contribution < 1.29 is 9.53 Å². The molecule has 1 aliphatic rings. The molecule has 0 radical (unpaired) electrons. The molecule has 0 saturated carbocycles. The van der Waals surface area contributed by atoms with E-state index < -0.39 is 6.10 Å². The van der Waals surface area contributed by atoms with E-state index in [-0.39, 0.29) is 29.6 Å². The maximum atomic E-state index is 12.5. The van der Waals surface area contributed by atoms with Gasteiger partial charge in [-0.3, -0.25) is 9.59 Å². The van der Waals surface area contributed by atoms with Crippen molar-refractivity contribution >= 4 is 24.0 Å². The van der Waals surface area contributed by atoms with E-state index in [1.165, 1.54) is 0 Å². The molecule has 1 saturated heterocycles. The Balaban J connectivity index is 0.00000208. The predicted octanol–water partition coefficient (Wildman–Crippen LogP) is 1.25. The number of morpholine rings is 1. The Kier molecular flexibility index (Phi) is 6.54. The van der Waals surface area contributed by atoms with Crippen LogP contribution in [0.3, 0.4) is 0 Å². The first-order valence-corrected chi connectivity index (χ1v) is 7.60. The zero-order valence-corrected chi connectivity index (χ0v) is 13.9. The lowest BCUT2D eigenvalue weighted by molar-refractivity contribution is -0.128. The highest BCUT2D eigenvalue weighted by Gasteiger charge is 2.22. The van der Waals surface area contributed by atoms with Gasteiger partial charge in [0.25, 0.3) is 11.5 Å². The monoisotopic (exact) mass is 349 g/mol. The second-order valence-corrected chi connectivity index (χ2v) is 5.39. The fourth-order valence-corrected chi connectivity index (χ4v) is 2.48. The van der Waals surface area contributed by atoms with Crippen molar-refractivity contribution in [3.05, 3.63) is 64.6 Å². The fraction of sp³-hybridized carbons (Fsp3) is 0.294. The molecule has 6 nitrogen and oxygen atoms in total. The highest BCUT2D eigenvalue weighted by molar-refractivity contribution is 5.94. The number of anilines is 1. The molecule has 128 valence electrons. The van der Waals surface area contributed by atoms with Gasteiger partial charge in [-0.05, 0) is 17.7 Å². The molecule has 2 N–H and O–H groups in total. The topological polar surface area (TPSA) is 72.4 Å². The van der Waals surface area contributed by atoms with Crippen molar-refractivity contribution in [2.45, 2.75) is 12.6 Å². The number of ether oxygens (including phenoxy) is 1. The van der Waals surface area contributed by atoms with Crippen LogP contribution in [0.5, 0.6) is 0 Å². The predicted molar refractivity (Wildman–Crippen MR) is 94.7 cm³/mol. The van der Waals surface area contributed by atoms with E-state index >= 15 is 0 Å². The van der Waals surface area contributed by atoms with E-state index in [0.717, 1.165) is 12.1 Å². The Morgan fingerprint density at radius 1 is 1.25 bits per heavy atom. The minimum Gasteiger partial charge on any atom is -0.366 e. The van der Waals surface area contributed by atoms with Gasteiger partial charge in [0, 0.05) is 19.3 Å². The van der Waals surface area contributed by atoms with Gasteiger partial charge in [0.15, 0.2) is 0 Å². The Morgan fingerprint density at radius 3 is 2.75 bits per heavy atom. The van der Waals surface area contributed by atoms with Crippen molar-refractivity contribution in [2.75, 3.05) is 25.0 Å². The number of pyridine rings is 1. The molecule has 1 aromatic heterocycles. The second kappa shape index (κ2) is 8.63. The largest absolute Gasteiger partial charge is 0.366 e. The fourth-order valence-electron chi connectivity index (χ4n) is 2.48. The molecule has 0 bridgehead atoms. The molecule has 1 unspecified atom stereocenters. The van der Waals surface area contributed by atoms with Crippen molar-refractivity contribution in [3.8, 4) is 0 Å². The molecule has 2 aromatic rings. The maximum absolute atomic E-state index is 12.5. The molecule has 7 heteroatoms. The number of rotatable bonds is 4. The lowest BCUT2D eigenvalue weighted by Gasteiger charge is -2.22. The minimum absolute atomic E-state index is 0. The first kappa shape index (κ1) is 18.2. The smallest absolute Gasteiger partial charge is 0.274 e. The van der Waals surface area contributed by atoms with Gasteiger partial charge in [-0.2, -0.15) is 0 Å². The summed E-state index contributed by atoms with van der Waals surface area (Å²) < 4.78 is 6.97. The lowest BCUT2D eigenvalue weighted by atomic mass is 10.2. The summed E-state index contributed by atoms with van der Waals surface area (Å²) in [5.74, 6) is -0.299. The number of benzene rings is 1. The first-order chi connectivity index (χ1) is 11.2. The highest BCUT2D eigenvalue weighted by atomic mass is 35.5. The number of hydrogen-bond acceptors (Lipinski definition) is 4. The van der Waals surface area contributed by atoms with Crippen molar-refractivity contribution in [1.82, 2.24) is 9.88 Å². The molecule has 0 aliphatic carbocycles. The summed E-state index contributed by atoms with van der Waals surface area (Å²) in [4.78, 5) is 24.6. The van der Waals surface area contributed by atoms with Crippen LogP contribution in [0.2, 0.25) is 0 Å². The van der Waals surface area contributed by atoms with Crippen LogP contribution in [0.1, 0.15) is 5.56 Å². The van der Waals surface area contributed by atoms with Crippen LogP contribution in [0, 0.1) is 0 Å². The van der Waals surface area contributed by atoms with Crippen LogP contribution >= 0.6 is 12.4 Å². The highest BCUT2D eigenvalue weighted by Crippen LogP contribution is 2.05. The van der Waals surface area contributed by atoms with Gasteiger partial charge in [-0.15, -0.1) is 12.4 Å². The molecule has 1 aliphatic heterocycles. The standard InChI is InChI=1S/C17H19N3O3.ClH/c21-16(15-11-18-8-10-23-15)19-14-7-4-9-20(17(14)22)12-13-5-2-1-3-6-13;/h1-7,9,15,18H,8,10-12H2,(H,19,21);1H. The molecule has 2 heterocycles. The van der Waals surface area contributed by atoms with Crippen molar-refractivity contribution in [2.24, 2.45) is 0 Å². The Bertz CT molecular complexity index is 727. The van der Waals surface area contributed by atoms with Gasteiger partial charge < -0.3 is 19.9 Å². The van der Waals surface area contributed by atoms with Crippen LogP contribution in [-0.2, 0) is 16.1 Å². The van der Waals surface area contributed by atoms with E-state index in [1.807, 2.05) is 30.3 Å².